The second kappa shape index (κ2) is 9.43. The van der Waals surface area contributed by atoms with E-state index < -0.39 is 0 Å². The molecule has 0 heterocycles. The average Bonchev–Trinajstić information content (AvgIpc) is 2.31. The monoisotopic (exact) mass is 454 g/mol. The summed E-state index contributed by atoms with van der Waals surface area (Å²) in [5.41, 5.74) is 0. The van der Waals surface area contributed by atoms with Crippen molar-refractivity contribution in [1.29, 1.82) is 0 Å². The summed E-state index contributed by atoms with van der Waals surface area (Å²) >= 11 is 4.15. The Labute approximate surface area is 123 Å². The topological polar surface area (TPSA) is 52.6 Å². The lowest BCUT2D eigenvalue weighted by atomic mass is 10.1. The maximum Gasteiger partial charge on any atom is 0.318 e. The summed E-state index contributed by atoms with van der Waals surface area (Å²) in [6, 6.07) is 0. The Kier molecular flexibility index (Phi) is 9.67. The van der Waals surface area contributed by atoms with E-state index in [4.69, 9.17) is 0 Å². The fourth-order valence-electron chi connectivity index (χ4n) is 1.14. The molecule has 0 fully saturated rings. The highest BCUT2D eigenvalue weighted by molar-refractivity contribution is 14.1. The van der Waals surface area contributed by atoms with E-state index in [2.05, 4.69) is 54.7 Å². The molecule has 0 radical (unpaired) electrons. The third-order valence-electron chi connectivity index (χ3n) is 2.08. The van der Waals surface area contributed by atoms with Crippen LogP contribution in [0.25, 0.3) is 0 Å². The molecule has 2 unspecified atom stereocenters. The number of carbonyl (C=O) groups is 2. The predicted octanol–water partition coefficient (Wildman–Crippen LogP) is 2.50. The van der Waals surface area contributed by atoms with Gasteiger partial charge in [0.25, 0.3) is 0 Å². The van der Waals surface area contributed by atoms with Crippen LogP contribution in [0.3, 0.4) is 0 Å². The molecule has 0 rings (SSSR count). The van der Waals surface area contributed by atoms with Crippen LogP contribution in [0.2, 0.25) is 0 Å². The maximum absolute atomic E-state index is 11.1. The van der Waals surface area contributed by atoms with E-state index in [0.29, 0.717) is 0 Å². The molecule has 0 spiro atoms. The molecule has 0 saturated heterocycles. The summed E-state index contributed by atoms with van der Waals surface area (Å²) in [5.74, 6) is -0.362. The highest BCUT2D eigenvalue weighted by Gasteiger charge is 2.17. The van der Waals surface area contributed by atoms with Gasteiger partial charge in [0.05, 0.1) is 14.2 Å². The zero-order valence-electron chi connectivity index (χ0n) is 9.37. The number of alkyl halides is 2. The highest BCUT2D eigenvalue weighted by atomic mass is 127. The lowest BCUT2D eigenvalue weighted by molar-refractivity contribution is -0.140. The second-order valence-electron chi connectivity index (χ2n) is 3.27. The number of ether oxygens (including phenoxy) is 2. The summed E-state index contributed by atoms with van der Waals surface area (Å²) in [4.78, 5) is 22.2. The third kappa shape index (κ3) is 6.87. The summed E-state index contributed by atoms with van der Waals surface area (Å²) < 4.78 is 9.07. The normalized spacial score (nSPS) is 14.0. The van der Waals surface area contributed by atoms with Crippen LogP contribution in [0.1, 0.15) is 25.7 Å². The Balaban J connectivity index is 3.60. The van der Waals surface area contributed by atoms with Crippen molar-refractivity contribution in [1.82, 2.24) is 0 Å². The van der Waals surface area contributed by atoms with E-state index in [9.17, 15) is 9.59 Å². The smallest absolute Gasteiger partial charge is 0.318 e. The van der Waals surface area contributed by atoms with Crippen LogP contribution in [-0.2, 0) is 19.1 Å². The molecule has 0 N–H and O–H groups in total. The molecule has 2 atom stereocenters. The van der Waals surface area contributed by atoms with Crippen LogP contribution in [-0.4, -0.2) is 34.0 Å². The van der Waals surface area contributed by atoms with Crippen LogP contribution < -0.4 is 0 Å². The lowest BCUT2D eigenvalue weighted by Gasteiger charge is -2.09. The standard InChI is InChI=1S/C10H16I2O4/c1-15-9(13)7(11)5-3-4-6-8(12)10(14)16-2/h7-8H,3-6H2,1-2H3. The number of hydrogen-bond donors (Lipinski definition) is 0. The first kappa shape index (κ1) is 16.4. The molecule has 6 heteroatoms. The summed E-state index contributed by atoms with van der Waals surface area (Å²) in [6.07, 6.45) is 3.41. The predicted molar refractivity (Wildman–Crippen MR) is 78.1 cm³/mol. The Bertz CT molecular complexity index is 209. The Morgan fingerprint density at radius 1 is 0.938 bits per heavy atom. The molecule has 0 amide bonds. The molecular formula is C10H16I2O4. The number of hydrogen-bond acceptors (Lipinski definition) is 4. The van der Waals surface area contributed by atoms with E-state index >= 15 is 0 Å². The van der Waals surface area contributed by atoms with Crippen molar-refractivity contribution in [2.24, 2.45) is 0 Å². The molecule has 0 aliphatic rings. The van der Waals surface area contributed by atoms with Gasteiger partial charge in [0.2, 0.25) is 0 Å². The quantitative estimate of drug-likeness (QED) is 0.257. The van der Waals surface area contributed by atoms with E-state index in [1.54, 1.807) is 0 Å². The molecular weight excluding hydrogens is 438 g/mol. The van der Waals surface area contributed by atoms with Crippen molar-refractivity contribution in [3.05, 3.63) is 0 Å². The van der Waals surface area contributed by atoms with Gasteiger partial charge in [-0.05, 0) is 12.8 Å². The largest absolute Gasteiger partial charge is 0.468 e. The number of esters is 2. The Morgan fingerprint density at radius 3 is 1.50 bits per heavy atom. The van der Waals surface area contributed by atoms with E-state index in [1.165, 1.54) is 14.2 Å². The van der Waals surface area contributed by atoms with Gasteiger partial charge in [0.15, 0.2) is 0 Å². The minimum Gasteiger partial charge on any atom is -0.468 e. The van der Waals surface area contributed by atoms with Crippen molar-refractivity contribution in [3.63, 3.8) is 0 Å². The Hall–Kier alpha value is 0.400. The van der Waals surface area contributed by atoms with Crippen LogP contribution in [0, 0.1) is 0 Å². The van der Waals surface area contributed by atoms with Gasteiger partial charge in [0.1, 0.15) is 7.85 Å². The second-order valence-corrected chi connectivity index (χ2v) is 6.27. The number of rotatable bonds is 7. The first-order chi connectivity index (χ1) is 7.52. The first-order valence-corrected chi connectivity index (χ1v) is 7.45. The molecule has 0 aliphatic heterocycles. The lowest BCUT2D eigenvalue weighted by Crippen LogP contribution is -2.17. The van der Waals surface area contributed by atoms with E-state index in [0.717, 1.165) is 25.7 Å². The first-order valence-electron chi connectivity index (χ1n) is 4.96. The Morgan fingerprint density at radius 2 is 1.25 bits per heavy atom. The van der Waals surface area contributed by atoms with E-state index in [1.807, 2.05) is 0 Å². The minimum atomic E-state index is -0.181. The van der Waals surface area contributed by atoms with Gasteiger partial charge in [-0.25, -0.2) is 0 Å². The number of methoxy groups -OCH3 is 2. The zero-order valence-corrected chi connectivity index (χ0v) is 13.7. The van der Waals surface area contributed by atoms with Crippen LogP contribution in [0.5, 0.6) is 0 Å². The number of unbranched alkanes of at least 4 members (excludes halogenated alkanes) is 1. The number of halogens is 2. The van der Waals surface area contributed by atoms with Gasteiger partial charge in [-0.2, -0.15) is 0 Å². The molecule has 0 aromatic carbocycles. The molecule has 0 aliphatic carbocycles. The highest BCUT2D eigenvalue weighted by Crippen LogP contribution is 2.17. The average molecular weight is 454 g/mol. The summed E-state index contributed by atoms with van der Waals surface area (Å²) in [6.45, 7) is 0. The van der Waals surface area contributed by atoms with Gasteiger partial charge in [-0.3, -0.25) is 9.59 Å². The van der Waals surface area contributed by atoms with Crippen molar-refractivity contribution in [2.75, 3.05) is 14.2 Å². The fraction of sp³-hybridized carbons (Fsp3) is 0.800. The van der Waals surface area contributed by atoms with Crippen molar-refractivity contribution in [2.45, 2.75) is 33.5 Å². The molecule has 4 nitrogen and oxygen atoms in total. The SMILES string of the molecule is COC(=O)C(I)CCCCC(I)C(=O)OC. The fourth-order valence-corrected chi connectivity index (χ4v) is 2.53. The van der Waals surface area contributed by atoms with Gasteiger partial charge in [-0.15, -0.1) is 0 Å². The summed E-state index contributed by atoms with van der Waals surface area (Å²) in [5, 5.41) is 0. The van der Waals surface area contributed by atoms with Crippen molar-refractivity contribution < 1.29 is 19.1 Å². The molecule has 0 aromatic heterocycles. The van der Waals surface area contributed by atoms with Gasteiger partial charge in [0, 0.05) is 0 Å². The van der Waals surface area contributed by atoms with Gasteiger partial charge >= 0.3 is 11.9 Å². The number of carbonyl (C=O) groups excluding carboxylic acids is 2. The van der Waals surface area contributed by atoms with Crippen LogP contribution in [0.4, 0.5) is 0 Å². The van der Waals surface area contributed by atoms with E-state index in [-0.39, 0.29) is 19.8 Å². The zero-order chi connectivity index (χ0) is 12.6. The van der Waals surface area contributed by atoms with Crippen LogP contribution >= 0.6 is 45.2 Å². The van der Waals surface area contributed by atoms with Crippen molar-refractivity contribution in [3.8, 4) is 0 Å². The maximum atomic E-state index is 11.1. The summed E-state index contributed by atoms with van der Waals surface area (Å²) in [7, 11) is 2.79. The van der Waals surface area contributed by atoms with Gasteiger partial charge in [-0.1, -0.05) is 58.0 Å². The molecule has 94 valence electrons. The third-order valence-corrected chi connectivity index (χ3v) is 4.34. The minimum absolute atomic E-state index is 0.0895. The molecule has 0 aromatic rings. The molecule has 0 bridgehead atoms. The molecule has 0 saturated carbocycles. The van der Waals surface area contributed by atoms with Crippen molar-refractivity contribution >= 4 is 57.1 Å². The van der Waals surface area contributed by atoms with Gasteiger partial charge < -0.3 is 9.47 Å². The molecule has 16 heavy (non-hydrogen) atoms. The van der Waals surface area contributed by atoms with Crippen LogP contribution in [0.15, 0.2) is 0 Å².